The van der Waals surface area contributed by atoms with Gasteiger partial charge in [0, 0.05) is 11.1 Å². The van der Waals surface area contributed by atoms with Crippen molar-refractivity contribution in [1.29, 1.82) is 0 Å². The van der Waals surface area contributed by atoms with Crippen LogP contribution in [0.3, 0.4) is 0 Å². The Balaban J connectivity index is 0. The fourth-order valence-electron chi connectivity index (χ4n) is 2.28. The van der Waals surface area contributed by atoms with Crippen molar-refractivity contribution in [2.75, 3.05) is 25.6 Å². The van der Waals surface area contributed by atoms with Crippen molar-refractivity contribution in [3.8, 4) is 0 Å². The number of carbonyl (C=O) groups is 3. The molecule has 0 aliphatic carbocycles. The molecule has 0 saturated carbocycles. The van der Waals surface area contributed by atoms with Gasteiger partial charge < -0.3 is 14.2 Å². The quantitative estimate of drug-likeness (QED) is 0.0948. The molecule has 0 bridgehead atoms. The number of esters is 3. The zero-order valence-corrected chi connectivity index (χ0v) is 18.7. The molecule has 0 aromatic carbocycles. The first-order valence-corrected chi connectivity index (χ1v) is 11.2. The van der Waals surface area contributed by atoms with E-state index in [1.807, 2.05) is 6.92 Å². The summed E-state index contributed by atoms with van der Waals surface area (Å²) in [5.74, 6) is -2.56. The Morgan fingerprint density at radius 3 is 1.77 bits per heavy atom. The molecule has 11 heteroatoms. The second-order valence-corrected chi connectivity index (χ2v) is 8.80. The molecule has 0 saturated heterocycles. The summed E-state index contributed by atoms with van der Waals surface area (Å²) in [6, 6.07) is 0. The standard InChI is InChI=1S/C20H32O9S.Na.H/c1-6-7-10-20(13-28-17(21)15(2)3,14-29-18(22)16(4)5)19(23)27-11-8-9-12-30(24,25)26;;/h2,4,6-14H2,1,3,5H3,(H,24,25,26);;. The second-order valence-electron chi connectivity index (χ2n) is 7.23. The van der Waals surface area contributed by atoms with Crippen molar-refractivity contribution in [2.24, 2.45) is 5.41 Å². The Morgan fingerprint density at radius 2 is 1.39 bits per heavy atom. The van der Waals surface area contributed by atoms with Gasteiger partial charge in [-0.2, -0.15) is 8.42 Å². The molecule has 9 nitrogen and oxygen atoms in total. The molecule has 31 heavy (non-hydrogen) atoms. The Hall–Kier alpha value is -1.20. The average molecular weight is 473 g/mol. The van der Waals surface area contributed by atoms with Gasteiger partial charge in [-0.3, -0.25) is 9.35 Å². The van der Waals surface area contributed by atoms with Gasteiger partial charge in [0.15, 0.2) is 0 Å². The Kier molecular flexibility index (Phi) is 16.1. The summed E-state index contributed by atoms with van der Waals surface area (Å²) in [7, 11) is -4.09. The molecule has 0 amide bonds. The molecule has 0 unspecified atom stereocenters. The van der Waals surface area contributed by atoms with Gasteiger partial charge in [0.25, 0.3) is 10.1 Å². The van der Waals surface area contributed by atoms with Crippen LogP contribution in [-0.2, 0) is 38.7 Å². The fourth-order valence-corrected chi connectivity index (χ4v) is 2.85. The van der Waals surface area contributed by atoms with Gasteiger partial charge in [0.2, 0.25) is 0 Å². The van der Waals surface area contributed by atoms with Crippen LogP contribution in [0.2, 0.25) is 0 Å². The van der Waals surface area contributed by atoms with E-state index in [1.54, 1.807) is 0 Å². The van der Waals surface area contributed by atoms with E-state index in [4.69, 9.17) is 18.8 Å². The van der Waals surface area contributed by atoms with Crippen molar-refractivity contribution >= 4 is 57.6 Å². The van der Waals surface area contributed by atoms with Crippen LogP contribution in [0.25, 0.3) is 0 Å². The molecular weight excluding hydrogens is 439 g/mol. The minimum absolute atomic E-state index is 0. The predicted octanol–water partition coefficient (Wildman–Crippen LogP) is 1.96. The third kappa shape index (κ3) is 13.7. The van der Waals surface area contributed by atoms with Crippen LogP contribution in [0.1, 0.15) is 52.9 Å². The molecule has 0 atom stereocenters. The van der Waals surface area contributed by atoms with Crippen molar-refractivity contribution in [2.45, 2.75) is 52.9 Å². The summed E-state index contributed by atoms with van der Waals surface area (Å²) < 4.78 is 45.9. The summed E-state index contributed by atoms with van der Waals surface area (Å²) in [5, 5.41) is 0. The maximum absolute atomic E-state index is 12.9. The predicted molar refractivity (Wildman–Crippen MR) is 117 cm³/mol. The Bertz CT molecular complexity index is 714. The van der Waals surface area contributed by atoms with E-state index in [0.29, 0.717) is 6.42 Å². The number of rotatable bonds is 15. The van der Waals surface area contributed by atoms with Gasteiger partial charge in [-0.05, 0) is 33.1 Å². The van der Waals surface area contributed by atoms with Crippen molar-refractivity contribution < 1.29 is 41.6 Å². The Morgan fingerprint density at radius 1 is 0.903 bits per heavy atom. The van der Waals surface area contributed by atoms with Crippen LogP contribution in [0.15, 0.2) is 24.3 Å². The first kappa shape index (κ1) is 32.0. The topological polar surface area (TPSA) is 133 Å². The van der Waals surface area contributed by atoms with E-state index >= 15 is 0 Å². The molecule has 174 valence electrons. The summed E-state index contributed by atoms with van der Waals surface area (Å²) in [4.78, 5) is 36.6. The molecule has 0 aliphatic rings. The van der Waals surface area contributed by atoms with Gasteiger partial charge in [-0.1, -0.05) is 32.9 Å². The summed E-state index contributed by atoms with van der Waals surface area (Å²) in [5.41, 5.74) is -1.12. The van der Waals surface area contributed by atoms with E-state index < -0.39 is 39.2 Å². The normalized spacial score (nSPS) is 11.1. The maximum atomic E-state index is 12.9. The van der Waals surface area contributed by atoms with E-state index in [1.165, 1.54) is 13.8 Å². The molecule has 0 aromatic rings. The molecule has 0 aliphatic heterocycles. The molecule has 1 N–H and O–H groups in total. The molecule has 0 fully saturated rings. The number of carbonyl (C=O) groups excluding carboxylic acids is 3. The van der Waals surface area contributed by atoms with Gasteiger partial charge >= 0.3 is 47.5 Å². The number of ether oxygens (including phenoxy) is 3. The molecule has 0 spiro atoms. The molecule has 0 rings (SSSR count). The van der Waals surface area contributed by atoms with E-state index in [9.17, 15) is 22.8 Å². The number of hydrogen-bond acceptors (Lipinski definition) is 8. The zero-order valence-electron chi connectivity index (χ0n) is 17.9. The van der Waals surface area contributed by atoms with Crippen molar-refractivity contribution in [1.82, 2.24) is 0 Å². The minimum atomic E-state index is -4.09. The van der Waals surface area contributed by atoms with Gasteiger partial charge in [0.1, 0.15) is 18.6 Å². The van der Waals surface area contributed by atoms with Crippen molar-refractivity contribution in [3.05, 3.63) is 24.3 Å². The monoisotopic (exact) mass is 472 g/mol. The Labute approximate surface area is 206 Å². The third-order valence-corrected chi connectivity index (χ3v) is 4.93. The van der Waals surface area contributed by atoms with E-state index in [2.05, 4.69) is 13.2 Å². The second kappa shape index (κ2) is 15.6. The van der Waals surface area contributed by atoms with E-state index in [0.717, 1.165) is 6.42 Å². The first-order valence-electron chi connectivity index (χ1n) is 9.62. The fraction of sp³-hybridized carbons (Fsp3) is 0.650. The van der Waals surface area contributed by atoms with Gasteiger partial charge in [0.05, 0.1) is 12.4 Å². The molecular formula is C20H33NaO9S. The van der Waals surface area contributed by atoms with Crippen molar-refractivity contribution in [3.63, 3.8) is 0 Å². The molecule has 0 heterocycles. The SMILES string of the molecule is C=C(C)C(=O)OCC(CCCC)(COC(=O)C(=C)C)C(=O)OCCCCS(=O)(=O)O.[NaH]. The average Bonchev–Trinajstić information content (AvgIpc) is 2.65. The summed E-state index contributed by atoms with van der Waals surface area (Å²) in [6.45, 7) is 11.0. The molecule has 0 aromatic heterocycles. The third-order valence-electron chi connectivity index (χ3n) is 4.13. The first-order chi connectivity index (χ1) is 13.8. The summed E-state index contributed by atoms with van der Waals surface area (Å²) in [6.07, 6.45) is 1.84. The van der Waals surface area contributed by atoms with Gasteiger partial charge in [-0.15, -0.1) is 0 Å². The van der Waals surface area contributed by atoms with Gasteiger partial charge in [-0.25, -0.2) is 9.59 Å². The zero-order chi connectivity index (χ0) is 23.4. The van der Waals surface area contributed by atoms with Crippen LogP contribution >= 0.6 is 0 Å². The van der Waals surface area contributed by atoms with Crippen LogP contribution in [0.5, 0.6) is 0 Å². The summed E-state index contributed by atoms with van der Waals surface area (Å²) >= 11 is 0. The van der Waals surface area contributed by atoms with Crippen LogP contribution in [0, 0.1) is 5.41 Å². The van der Waals surface area contributed by atoms with Crippen LogP contribution in [-0.4, -0.2) is 86.0 Å². The number of hydrogen-bond donors (Lipinski definition) is 1. The number of unbranched alkanes of at least 4 members (excludes halogenated alkanes) is 2. The van der Waals surface area contributed by atoms with E-state index in [-0.39, 0.29) is 79.8 Å². The van der Waals surface area contributed by atoms with Crippen LogP contribution in [0.4, 0.5) is 0 Å². The van der Waals surface area contributed by atoms with Crippen LogP contribution < -0.4 is 0 Å². The molecule has 0 radical (unpaired) electrons.